The summed E-state index contributed by atoms with van der Waals surface area (Å²) in [6.07, 6.45) is 7.21. The van der Waals surface area contributed by atoms with Gasteiger partial charge in [-0.25, -0.2) is 0 Å². The predicted molar refractivity (Wildman–Crippen MR) is 107 cm³/mol. The summed E-state index contributed by atoms with van der Waals surface area (Å²) in [6.45, 7) is 4.29. The van der Waals surface area contributed by atoms with Gasteiger partial charge in [0.15, 0.2) is 0 Å². The van der Waals surface area contributed by atoms with Crippen LogP contribution in [0.25, 0.3) is 0 Å². The van der Waals surface area contributed by atoms with E-state index < -0.39 is 0 Å². The fourth-order valence-corrected chi connectivity index (χ4v) is 2.93. The summed E-state index contributed by atoms with van der Waals surface area (Å²) in [5.41, 5.74) is 2.74. The predicted octanol–water partition coefficient (Wildman–Crippen LogP) is 4.21. The van der Waals surface area contributed by atoms with Gasteiger partial charge >= 0.3 is 0 Å². The van der Waals surface area contributed by atoms with Crippen molar-refractivity contribution in [1.29, 1.82) is 0 Å². The molecule has 2 unspecified atom stereocenters. The minimum absolute atomic E-state index is 0.599. The molecular formula is C23H31NO2. The fourth-order valence-electron chi connectivity index (χ4n) is 2.93. The lowest BCUT2D eigenvalue weighted by atomic mass is 10.1. The molecule has 2 aromatic rings. The summed E-state index contributed by atoms with van der Waals surface area (Å²) in [5, 5.41) is 3.44. The molecule has 2 aliphatic heterocycles. The molecule has 1 N–H and O–H groups in total. The minimum Gasteiger partial charge on any atom is -0.373 e. The maximum atomic E-state index is 5.13. The Morgan fingerprint density at radius 2 is 1.12 bits per heavy atom. The zero-order valence-corrected chi connectivity index (χ0v) is 15.6. The van der Waals surface area contributed by atoms with Crippen LogP contribution in [-0.2, 0) is 15.9 Å². The van der Waals surface area contributed by atoms with Crippen molar-refractivity contribution in [2.45, 2.75) is 44.3 Å². The van der Waals surface area contributed by atoms with Crippen molar-refractivity contribution in [3.63, 3.8) is 0 Å². The lowest BCUT2D eigenvalue weighted by Gasteiger charge is -2.02. The van der Waals surface area contributed by atoms with E-state index in [9.17, 15) is 0 Å². The Bertz CT molecular complexity index is 541. The Hall–Kier alpha value is -1.68. The van der Waals surface area contributed by atoms with E-state index in [1.54, 1.807) is 0 Å². The normalized spacial score (nSPS) is 20.2. The summed E-state index contributed by atoms with van der Waals surface area (Å²) >= 11 is 0. The maximum absolute atomic E-state index is 5.13. The lowest BCUT2D eigenvalue weighted by molar-refractivity contribution is 0.383. The molecule has 0 radical (unpaired) electrons. The highest BCUT2D eigenvalue weighted by Crippen LogP contribution is 2.15. The molecule has 3 nitrogen and oxygen atoms in total. The summed E-state index contributed by atoms with van der Waals surface area (Å²) < 4.78 is 10.3. The second-order valence-electron chi connectivity index (χ2n) is 7.09. The Morgan fingerprint density at radius 3 is 1.50 bits per heavy atom. The van der Waals surface area contributed by atoms with E-state index in [4.69, 9.17) is 9.47 Å². The van der Waals surface area contributed by atoms with Gasteiger partial charge in [0.2, 0.25) is 0 Å². The molecule has 140 valence electrons. The second-order valence-corrected chi connectivity index (χ2v) is 7.09. The van der Waals surface area contributed by atoms with E-state index in [-0.39, 0.29) is 0 Å². The average molecular weight is 354 g/mol. The first-order valence-corrected chi connectivity index (χ1v) is 9.92. The zero-order valence-electron chi connectivity index (χ0n) is 15.6. The first-order chi connectivity index (χ1) is 12.9. The van der Waals surface area contributed by atoms with Crippen molar-refractivity contribution in [3.8, 4) is 0 Å². The molecule has 0 bridgehead atoms. The molecule has 4 rings (SSSR count). The first-order valence-electron chi connectivity index (χ1n) is 9.92. The van der Waals surface area contributed by atoms with Crippen molar-refractivity contribution < 1.29 is 9.47 Å². The Labute approximate surface area is 157 Å². The number of nitrogens with one attached hydrogen (secondary N) is 1. The van der Waals surface area contributed by atoms with Gasteiger partial charge < -0.3 is 14.8 Å². The molecule has 0 aliphatic carbocycles. The highest BCUT2D eigenvalue weighted by atomic mass is 16.6. The quantitative estimate of drug-likeness (QED) is 0.513. The molecule has 2 atom stereocenters. The van der Waals surface area contributed by atoms with E-state index >= 15 is 0 Å². The van der Waals surface area contributed by atoms with E-state index in [2.05, 4.69) is 66.0 Å². The summed E-state index contributed by atoms with van der Waals surface area (Å²) in [6, 6.07) is 21.1. The van der Waals surface area contributed by atoms with E-state index in [1.807, 2.05) is 0 Å². The van der Waals surface area contributed by atoms with Crippen molar-refractivity contribution in [2.75, 3.05) is 26.3 Å². The molecule has 0 aromatic heterocycles. The Morgan fingerprint density at radius 1 is 0.692 bits per heavy atom. The molecule has 2 aliphatic rings. The number of ether oxygens (including phenoxy) is 2. The molecule has 2 fully saturated rings. The SMILES string of the molecule is C(CNCCCC1CO1)CC1CO1.c1ccc(Cc2ccccc2)cc1. The second kappa shape index (κ2) is 11.1. The smallest absolute Gasteiger partial charge is 0.0810 e. The molecule has 3 heteroatoms. The highest BCUT2D eigenvalue weighted by Gasteiger charge is 2.21. The largest absolute Gasteiger partial charge is 0.373 e. The van der Waals surface area contributed by atoms with E-state index in [0.29, 0.717) is 12.2 Å². The molecule has 2 heterocycles. The molecule has 26 heavy (non-hydrogen) atoms. The van der Waals surface area contributed by atoms with Crippen LogP contribution in [0, 0.1) is 0 Å². The van der Waals surface area contributed by atoms with E-state index in [0.717, 1.165) is 32.7 Å². The molecule has 2 saturated heterocycles. The Balaban J connectivity index is 0.000000151. The third kappa shape index (κ3) is 8.61. The maximum Gasteiger partial charge on any atom is 0.0810 e. The van der Waals surface area contributed by atoms with Gasteiger partial charge in [-0.2, -0.15) is 0 Å². The van der Waals surface area contributed by atoms with Crippen LogP contribution in [0.3, 0.4) is 0 Å². The lowest BCUT2D eigenvalue weighted by Crippen LogP contribution is -2.17. The third-order valence-electron chi connectivity index (χ3n) is 4.66. The molecule has 0 spiro atoms. The standard InChI is InChI=1S/C13H12.C10H19NO2/c1-3-7-12(8-4-1)11-13-9-5-2-6-10-13;1(3-9-7-12-9)5-11-6-2-4-10-8-13-10/h1-10H,11H2;9-11H,1-8H2. The highest BCUT2D eigenvalue weighted by molar-refractivity contribution is 5.25. The number of benzene rings is 2. The van der Waals surface area contributed by atoms with Gasteiger partial charge in [-0.05, 0) is 56.3 Å². The van der Waals surface area contributed by atoms with Gasteiger partial charge in [0.1, 0.15) is 0 Å². The Kier molecular flexibility index (Phi) is 8.17. The van der Waals surface area contributed by atoms with Gasteiger partial charge in [0.25, 0.3) is 0 Å². The van der Waals surface area contributed by atoms with Crippen LogP contribution in [-0.4, -0.2) is 38.5 Å². The van der Waals surface area contributed by atoms with Crippen LogP contribution in [0.1, 0.15) is 36.8 Å². The first kappa shape index (κ1) is 19.1. The van der Waals surface area contributed by atoms with Crippen LogP contribution >= 0.6 is 0 Å². The minimum atomic E-state index is 0.599. The van der Waals surface area contributed by atoms with Gasteiger partial charge in [-0.3, -0.25) is 0 Å². The molecule has 2 aromatic carbocycles. The van der Waals surface area contributed by atoms with E-state index in [1.165, 1.54) is 36.8 Å². The summed E-state index contributed by atoms with van der Waals surface area (Å²) in [4.78, 5) is 0. The van der Waals surface area contributed by atoms with Crippen LogP contribution < -0.4 is 5.32 Å². The van der Waals surface area contributed by atoms with Crippen LogP contribution in [0.4, 0.5) is 0 Å². The van der Waals surface area contributed by atoms with Crippen molar-refractivity contribution in [1.82, 2.24) is 5.32 Å². The topological polar surface area (TPSA) is 37.1 Å². The van der Waals surface area contributed by atoms with Crippen molar-refractivity contribution in [3.05, 3.63) is 71.8 Å². The molecular weight excluding hydrogens is 322 g/mol. The van der Waals surface area contributed by atoms with Crippen LogP contribution in [0.2, 0.25) is 0 Å². The summed E-state index contributed by atoms with van der Waals surface area (Å²) in [7, 11) is 0. The number of rotatable bonds is 10. The molecule has 0 amide bonds. The van der Waals surface area contributed by atoms with Crippen LogP contribution in [0.5, 0.6) is 0 Å². The van der Waals surface area contributed by atoms with Crippen molar-refractivity contribution >= 4 is 0 Å². The number of hydrogen-bond donors (Lipinski definition) is 1. The zero-order chi connectivity index (χ0) is 17.9. The fraction of sp³-hybridized carbons (Fsp3) is 0.478. The number of hydrogen-bond acceptors (Lipinski definition) is 3. The average Bonchev–Trinajstić information content (AvgIpc) is 3.59. The van der Waals surface area contributed by atoms with Gasteiger partial charge in [0.05, 0.1) is 25.4 Å². The van der Waals surface area contributed by atoms with Gasteiger partial charge in [-0.1, -0.05) is 60.7 Å². The van der Waals surface area contributed by atoms with Crippen molar-refractivity contribution in [2.24, 2.45) is 0 Å². The van der Waals surface area contributed by atoms with Gasteiger partial charge in [-0.15, -0.1) is 0 Å². The van der Waals surface area contributed by atoms with Gasteiger partial charge in [0, 0.05) is 0 Å². The number of epoxide rings is 2. The monoisotopic (exact) mass is 353 g/mol. The van der Waals surface area contributed by atoms with Crippen LogP contribution in [0.15, 0.2) is 60.7 Å². The summed E-state index contributed by atoms with van der Waals surface area (Å²) in [5.74, 6) is 0. The third-order valence-corrected chi connectivity index (χ3v) is 4.66. The molecule has 0 saturated carbocycles.